The summed E-state index contributed by atoms with van der Waals surface area (Å²) < 4.78 is 5.74. The van der Waals surface area contributed by atoms with Gasteiger partial charge in [-0.3, -0.25) is 14.4 Å². The van der Waals surface area contributed by atoms with Crippen LogP contribution in [-0.4, -0.2) is 34.7 Å². The second-order valence-corrected chi connectivity index (χ2v) is 7.72. The zero-order chi connectivity index (χ0) is 22.4. The van der Waals surface area contributed by atoms with Crippen LogP contribution < -0.4 is 10.1 Å². The summed E-state index contributed by atoms with van der Waals surface area (Å²) in [4.78, 5) is 33.4. The molecule has 0 aliphatic rings. The summed E-state index contributed by atoms with van der Waals surface area (Å²) in [6, 6.07) is 3.83. The van der Waals surface area contributed by atoms with Gasteiger partial charge in [-0.2, -0.15) is 0 Å². The largest absolute Gasteiger partial charge is 0.491 e. The number of aryl methyl sites for hydroxylation is 2. The van der Waals surface area contributed by atoms with Crippen LogP contribution in [0.4, 0.5) is 5.69 Å². The van der Waals surface area contributed by atoms with Crippen molar-refractivity contribution in [1.82, 2.24) is 0 Å². The van der Waals surface area contributed by atoms with Crippen molar-refractivity contribution in [2.45, 2.75) is 84.5 Å². The number of rotatable bonds is 16. The molecule has 1 rings (SSSR count). The maximum atomic E-state index is 12.4. The van der Waals surface area contributed by atoms with Crippen molar-refractivity contribution >= 4 is 23.5 Å². The standard InChI is InChI=1S/C23H35NO6/c1-17-15-18(2)23(19(16-17)30-14-10-13-22(28)29)24-20(25)11-8-6-4-3-5-7-9-12-21(26)27/h15-16H,3-14H2,1-2H3,(H,24,25)(H,26,27)(H,28,29). The van der Waals surface area contributed by atoms with Gasteiger partial charge in [0.2, 0.25) is 5.91 Å². The maximum absolute atomic E-state index is 12.4. The molecule has 0 atom stereocenters. The van der Waals surface area contributed by atoms with Gasteiger partial charge >= 0.3 is 11.9 Å². The Morgan fingerprint density at radius 2 is 1.33 bits per heavy atom. The number of anilines is 1. The number of ether oxygens (including phenoxy) is 1. The third kappa shape index (κ3) is 11.4. The van der Waals surface area contributed by atoms with Crippen LogP contribution >= 0.6 is 0 Å². The van der Waals surface area contributed by atoms with E-state index < -0.39 is 11.9 Å². The van der Waals surface area contributed by atoms with E-state index in [1.54, 1.807) is 0 Å². The molecular formula is C23H35NO6. The van der Waals surface area contributed by atoms with Crippen LogP contribution in [0.5, 0.6) is 5.75 Å². The summed E-state index contributed by atoms with van der Waals surface area (Å²) in [7, 11) is 0. The summed E-state index contributed by atoms with van der Waals surface area (Å²) in [5, 5.41) is 20.3. The number of carboxylic acid groups (broad SMARTS) is 2. The van der Waals surface area contributed by atoms with Crippen molar-refractivity contribution in [2.24, 2.45) is 0 Å². The molecule has 7 heteroatoms. The molecule has 0 fully saturated rings. The number of carboxylic acids is 2. The van der Waals surface area contributed by atoms with Crippen LogP contribution in [0.25, 0.3) is 0 Å². The Kier molecular flexibility index (Phi) is 12.2. The van der Waals surface area contributed by atoms with E-state index in [1.165, 1.54) is 0 Å². The highest BCUT2D eigenvalue weighted by Crippen LogP contribution is 2.30. The van der Waals surface area contributed by atoms with Gasteiger partial charge in [0.15, 0.2) is 0 Å². The molecule has 0 aliphatic carbocycles. The summed E-state index contributed by atoms with van der Waals surface area (Å²) in [5.41, 5.74) is 2.58. The molecule has 1 aromatic carbocycles. The van der Waals surface area contributed by atoms with Gasteiger partial charge in [-0.15, -0.1) is 0 Å². The zero-order valence-electron chi connectivity index (χ0n) is 18.2. The van der Waals surface area contributed by atoms with E-state index in [-0.39, 0.29) is 25.4 Å². The minimum absolute atomic E-state index is 0.0477. The normalized spacial score (nSPS) is 10.6. The number of aliphatic carboxylic acids is 2. The number of hydrogen-bond acceptors (Lipinski definition) is 4. The lowest BCUT2D eigenvalue weighted by Crippen LogP contribution is -2.14. The molecule has 0 unspecified atom stereocenters. The van der Waals surface area contributed by atoms with Crippen LogP contribution in [-0.2, 0) is 14.4 Å². The fourth-order valence-electron chi connectivity index (χ4n) is 3.26. The molecule has 0 radical (unpaired) electrons. The first-order valence-electron chi connectivity index (χ1n) is 10.8. The van der Waals surface area contributed by atoms with Crippen molar-refractivity contribution in [3.05, 3.63) is 23.3 Å². The van der Waals surface area contributed by atoms with Crippen LogP contribution in [0.1, 0.15) is 81.8 Å². The lowest BCUT2D eigenvalue weighted by atomic mass is 10.1. The molecule has 7 nitrogen and oxygen atoms in total. The number of carbonyl (C=O) groups is 3. The van der Waals surface area contributed by atoms with E-state index in [1.807, 2.05) is 26.0 Å². The fourth-order valence-corrected chi connectivity index (χ4v) is 3.26. The lowest BCUT2D eigenvalue weighted by molar-refractivity contribution is -0.138. The molecule has 30 heavy (non-hydrogen) atoms. The third-order valence-electron chi connectivity index (χ3n) is 4.80. The minimum atomic E-state index is -0.854. The Hall–Kier alpha value is -2.57. The van der Waals surface area contributed by atoms with Crippen LogP contribution in [0.15, 0.2) is 12.1 Å². The quantitative estimate of drug-likeness (QED) is 0.321. The van der Waals surface area contributed by atoms with E-state index in [9.17, 15) is 14.4 Å². The van der Waals surface area contributed by atoms with E-state index in [2.05, 4.69) is 5.32 Å². The summed E-state index contributed by atoms with van der Waals surface area (Å²) in [6.07, 6.45) is 7.72. The molecule has 0 aromatic heterocycles. The van der Waals surface area contributed by atoms with Crippen LogP contribution in [0.2, 0.25) is 0 Å². The van der Waals surface area contributed by atoms with Gasteiger partial charge in [0.25, 0.3) is 0 Å². The van der Waals surface area contributed by atoms with Gasteiger partial charge in [0.05, 0.1) is 12.3 Å². The summed E-state index contributed by atoms with van der Waals surface area (Å²) in [5.74, 6) is -1.07. The molecule has 0 saturated carbocycles. The first-order chi connectivity index (χ1) is 14.3. The van der Waals surface area contributed by atoms with Crippen molar-refractivity contribution < 1.29 is 29.3 Å². The zero-order valence-corrected chi connectivity index (χ0v) is 18.2. The van der Waals surface area contributed by atoms with Crippen molar-refractivity contribution in [2.75, 3.05) is 11.9 Å². The number of benzene rings is 1. The number of nitrogens with one attached hydrogen (secondary N) is 1. The Balaban J connectivity index is 2.36. The van der Waals surface area contributed by atoms with Crippen LogP contribution in [0, 0.1) is 13.8 Å². The summed E-state index contributed by atoms with van der Waals surface area (Å²) >= 11 is 0. The molecule has 0 spiro atoms. The van der Waals surface area contributed by atoms with E-state index in [0.29, 0.717) is 24.3 Å². The summed E-state index contributed by atoms with van der Waals surface area (Å²) in [6.45, 7) is 4.14. The minimum Gasteiger partial charge on any atom is -0.491 e. The highest BCUT2D eigenvalue weighted by Gasteiger charge is 2.12. The Labute approximate surface area is 178 Å². The second-order valence-electron chi connectivity index (χ2n) is 7.72. The monoisotopic (exact) mass is 421 g/mol. The number of hydrogen-bond donors (Lipinski definition) is 3. The number of unbranched alkanes of at least 4 members (excludes halogenated alkanes) is 6. The fraction of sp³-hybridized carbons (Fsp3) is 0.609. The first kappa shape index (κ1) is 25.5. The predicted octanol–water partition coefficient (Wildman–Crippen LogP) is 5.08. The van der Waals surface area contributed by atoms with Crippen molar-refractivity contribution in [1.29, 1.82) is 0 Å². The Morgan fingerprint density at radius 3 is 1.93 bits per heavy atom. The number of carbonyl (C=O) groups excluding carboxylic acids is 1. The Bertz CT molecular complexity index is 701. The third-order valence-corrected chi connectivity index (χ3v) is 4.80. The first-order valence-corrected chi connectivity index (χ1v) is 10.8. The van der Waals surface area contributed by atoms with E-state index in [0.717, 1.165) is 56.1 Å². The van der Waals surface area contributed by atoms with E-state index in [4.69, 9.17) is 14.9 Å². The molecule has 0 aliphatic heterocycles. The predicted molar refractivity (Wildman–Crippen MR) is 116 cm³/mol. The Morgan fingerprint density at radius 1 is 0.800 bits per heavy atom. The van der Waals surface area contributed by atoms with Gasteiger partial charge in [-0.25, -0.2) is 0 Å². The molecule has 0 saturated heterocycles. The van der Waals surface area contributed by atoms with Gasteiger partial charge in [0.1, 0.15) is 5.75 Å². The molecule has 3 N–H and O–H groups in total. The van der Waals surface area contributed by atoms with Gasteiger partial charge < -0.3 is 20.3 Å². The van der Waals surface area contributed by atoms with Gasteiger partial charge in [-0.1, -0.05) is 38.2 Å². The average Bonchev–Trinajstić information content (AvgIpc) is 2.66. The lowest BCUT2D eigenvalue weighted by Gasteiger charge is -2.16. The second kappa shape index (κ2) is 14.4. The van der Waals surface area contributed by atoms with E-state index >= 15 is 0 Å². The van der Waals surface area contributed by atoms with Gasteiger partial charge in [-0.05, 0) is 50.3 Å². The topological polar surface area (TPSA) is 113 Å². The van der Waals surface area contributed by atoms with Gasteiger partial charge in [0, 0.05) is 19.3 Å². The highest BCUT2D eigenvalue weighted by molar-refractivity contribution is 5.93. The highest BCUT2D eigenvalue weighted by atomic mass is 16.5. The molecule has 1 amide bonds. The molecule has 168 valence electrons. The van der Waals surface area contributed by atoms with Crippen molar-refractivity contribution in [3.63, 3.8) is 0 Å². The average molecular weight is 422 g/mol. The van der Waals surface area contributed by atoms with Crippen molar-refractivity contribution in [3.8, 4) is 5.75 Å². The van der Waals surface area contributed by atoms with Crippen LogP contribution in [0.3, 0.4) is 0 Å². The smallest absolute Gasteiger partial charge is 0.303 e. The molecule has 1 aromatic rings. The molecule has 0 heterocycles. The molecular weight excluding hydrogens is 386 g/mol. The maximum Gasteiger partial charge on any atom is 0.303 e. The SMILES string of the molecule is Cc1cc(C)c(NC(=O)CCCCCCCCCC(=O)O)c(OCCCC(=O)O)c1. The number of amides is 1. The molecule has 0 bridgehead atoms.